The molecule has 0 unspecified atom stereocenters. The summed E-state index contributed by atoms with van der Waals surface area (Å²) in [5.41, 5.74) is -0.0262. The lowest BCUT2D eigenvalue weighted by atomic mass is 10.1. The summed E-state index contributed by atoms with van der Waals surface area (Å²) >= 11 is 7.18. The Morgan fingerprint density at radius 1 is 1.35 bits per heavy atom. The molecule has 0 saturated heterocycles. The van der Waals surface area contributed by atoms with Crippen LogP contribution in [-0.2, 0) is 12.6 Å². The quantitative estimate of drug-likeness (QED) is 0.623. The number of amides is 1. The number of benzene rings is 1. The highest BCUT2D eigenvalue weighted by Gasteiger charge is 2.31. The van der Waals surface area contributed by atoms with Crippen LogP contribution in [0.4, 0.5) is 18.3 Å². The molecule has 3 aromatic rings. The molecule has 0 aliphatic heterocycles. The van der Waals surface area contributed by atoms with Gasteiger partial charge in [0.15, 0.2) is 5.13 Å². The van der Waals surface area contributed by atoms with Crippen molar-refractivity contribution in [2.45, 2.75) is 19.5 Å². The number of anilines is 1. The van der Waals surface area contributed by atoms with E-state index in [2.05, 4.69) is 10.3 Å². The summed E-state index contributed by atoms with van der Waals surface area (Å²) in [5.74, 6) is 0.115. The molecule has 0 radical (unpaired) electrons. The van der Waals surface area contributed by atoms with Crippen molar-refractivity contribution >= 4 is 34.0 Å². The second-order valence-corrected chi connectivity index (χ2v) is 6.98. The predicted molar refractivity (Wildman–Crippen MR) is 92.8 cm³/mol. The van der Waals surface area contributed by atoms with Gasteiger partial charge < -0.3 is 4.42 Å². The van der Waals surface area contributed by atoms with E-state index in [9.17, 15) is 18.0 Å². The first-order chi connectivity index (χ1) is 12.2. The van der Waals surface area contributed by atoms with Gasteiger partial charge in [-0.3, -0.25) is 10.1 Å². The highest BCUT2D eigenvalue weighted by Crippen LogP contribution is 2.33. The van der Waals surface area contributed by atoms with Gasteiger partial charge in [-0.15, -0.1) is 11.3 Å². The molecule has 2 aromatic heterocycles. The molecule has 136 valence electrons. The summed E-state index contributed by atoms with van der Waals surface area (Å²) < 4.78 is 43.6. The first kappa shape index (κ1) is 18.5. The fraction of sp³-hybridized carbons (Fsp3) is 0.176. The normalized spacial score (nSPS) is 11.6. The Bertz CT molecular complexity index is 950. The molecule has 0 fully saturated rings. The summed E-state index contributed by atoms with van der Waals surface area (Å²) in [5, 5.41) is 3.22. The van der Waals surface area contributed by atoms with Gasteiger partial charge in [-0.2, -0.15) is 13.2 Å². The zero-order valence-electron chi connectivity index (χ0n) is 13.4. The molecule has 0 bridgehead atoms. The number of thiazole rings is 1. The SMILES string of the molecule is Cc1occc1C(=O)Nc1ncc(Cc2cc(C(F)(F)F)ccc2Cl)s1. The van der Waals surface area contributed by atoms with E-state index in [4.69, 9.17) is 16.0 Å². The third kappa shape index (κ3) is 4.08. The van der Waals surface area contributed by atoms with E-state index in [0.717, 1.165) is 12.1 Å². The molecular formula is C17H12ClF3N2O2S. The maximum atomic E-state index is 12.8. The Labute approximate surface area is 155 Å². The molecule has 1 aromatic carbocycles. The molecule has 9 heteroatoms. The minimum Gasteiger partial charge on any atom is -0.469 e. The van der Waals surface area contributed by atoms with Crippen molar-refractivity contribution in [3.63, 3.8) is 0 Å². The monoisotopic (exact) mass is 400 g/mol. The van der Waals surface area contributed by atoms with Crippen molar-refractivity contribution in [2.24, 2.45) is 0 Å². The zero-order valence-corrected chi connectivity index (χ0v) is 14.9. The number of alkyl halides is 3. The standard InChI is InChI=1S/C17H12ClF3N2O2S/c1-9-13(4-5-25-9)15(24)23-16-22-8-12(26-16)7-10-6-11(17(19,20)21)2-3-14(10)18/h2-6,8H,7H2,1H3,(H,22,23,24). The lowest BCUT2D eigenvalue weighted by Crippen LogP contribution is -2.11. The number of rotatable bonds is 4. The van der Waals surface area contributed by atoms with Gasteiger partial charge in [-0.25, -0.2) is 4.98 Å². The van der Waals surface area contributed by atoms with Gasteiger partial charge in [-0.05, 0) is 36.8 Å². The van der Waals surface area contributed by atoms with E-state index in [1.54, 1.807) is 13.0 Å². The van der Waals surface area contributed by atoms with Crippen LogP contribution in [0, 0.1) is 6.92 Å². The Kier molecular flexibility index (Phi) is 5.06. The van der Waals surface area contributed by atoms with Gasteiger partial charge in [0.05, 0.1) is 17.4 Å². The molecule has 26 heavy (non-hydrogen) atoms. The Morgan fingerprint density at radius 3 is 2.77 bits per heavy atom. The van der Waals surface area contributed by atoms with Crippen molar-refractivity contribution in [1.29, 1.82) is 0 Å². The van der Waals surface area contributed by atoms with Crippen LogP contribution in [0.25, 0.3) is 0 Å². The number of carbonyl (C=O) groups excluding carboxylic acids is 1. The topological polar surface area (TPSA) is 55.1 Å². The highest BCUT2D eigenvalue weighted by molar-refractivity contribution is 7.15. The lowest BCUT2D eigenvalue weighted by Gasteiger charge is -2.09. The number of hydrogen-bond donors (Lipinski definition) is 1. The molecule has 1 amide bonds. The highest BCUT2D eigenvalue weighted by atomic mass is 35.5. The number of nitrogens with one attached hydrogen (secondary N) is 1. The summed E-state index contributed by atoms with van der Waals surface area (Å²) in [4.78, 5) is 16.9. The average Bonchev–Trinajstić information content (AvgIpc) is 3.17. The number of halogens is 4. The van der Waals surface area contributed by atoms with Crippen LogP contribution in [-0.4, -0.2) is 10.9 Å². The van der Waals surface area contributed by atoms with Gasteiger partial charge in [0.2, 0.25) is 0 Å². The molecule has 2 heterocycles. The molecule has 1 N–H and O–H groups in total. The average molecular weight is 401 g/mol. The summed E-state index contributed by atoms with van der Waals surface area (Å²) in [6.45, 7) is 1.66. The van der Waals surface area contributed by atoms with Crippen LogP contribution >= 0.6 is 22.9 Å². The maximum Gasteiger partial charge on any atom is 0.416 e. The fourth-order valence-electron chi connectivity index (χ4n) is 2.31. The summed E-state index contributed by atoms with van der Waals surface area (Å²) in [6.07, 6.45) is -1.35. The second kappa shape index (κ2) is 7.13. The Morgan fingerprint density at radius 2 is 2.12 bits per heavy atom. The van der Waals surface area contributed by atoms with E-state index >= 15 is 0 Å². The Hall–Kier alpha value is -2.32. The number of aromatic nitrogens is 1. The first-order valence-electron chi connectivity index (χ1n) is 7.40. The van der Waals surface area contributed by atoms with Gasteiger partial charge in [-0.1, -0.05) is 11.6 Å². The first-order valence-corrected chi connectivity index (χ1v) is 8.59. The smallest absolute Gasteiger partial charge is 0.416 e. The predicted octanol–water partition coefficient (Wildman–Crippen LogP) is 5.56. The van der Waals surface area contributed by atoms with E-state index < -0.39 is 11.7 Å². The van der Waals surface area contributed by atoms with Crippen LogP contribution in [0.5, 0.6) is 0 Å². The van der Waals surface area contributed by atoms with Gasteiger partial charge in [0.25, 0.3) is 5.91 Å². The maximum absolute atomic E-state index is 12.8. The van der Waals surface area contributed by atoms with Crippen LogP contribution in [0.15, 0.2) is 41.1 Å². The van der Waals surface area contributed by atoms with Crippen LogP contribution in [0.3, 0.4) is 0 Å². The van der Waals surface area contributed by atoms with Crippen molar-refractivity contribution < 1.29 is 22.4 Å². The van der Waals surface area contributed by atoms with Gasteiger partial charge >= 0.3 is 6.18 Å². The Balaban J connectivity index is 1.75. The zero-order chi connectivity index (χ0) is 18.9. The largest absolute Gasteiger partial charge is 0.469 e. The number of furan rings is 1. The molecule has 4 nitrogen and oxygen atoms in total. The van der Waals surface area contributed by atoms with Gasteiger partial charge in [0, 0.05) is 22.5 Å². The third-order valence-corrected chi connectivity index (χ3v) is 4.90. The number of carbonyl (C=O) groups is 1. The van der Waals surface area contributed by atoms with E-state index in [1.807, 2.05) is 0 Å². The molecule has 0 aliphatic rings. The molecule has 0 spiro atoms. The molecule has 0 aliphatic carbocycles. The van der Waals surface area contributed by atoms with Gasteiger partial charge in [0.1, 0.15) is 5.76 Å². The number of nitrogens with zero attached hydrogens (tertiary/aromatic N) is 1. The number of hydrogen-bond acceptors (Lipinski definition) is 4. The second-order valence-electron chi connectivity index (χ2n) is 5.46. The number of aryl methyl sites for hydroxylation is 1. The molecule has 0 atom stereocenters. The molecule has 3 rings (SSSR count). The van der Waals surface area contributed by atoms with Crippen molar-refractivity contribution in [3.8, 4) is 0 Å². The van der Waals surface area contributed by atoms with Crippen molar-refractivity contribution in [1.82, 2.24) is 4.98 Å². The van der Waals surface area contributed by atoms with Crippen molar-refractivity contribution in [2.75, 3.05) is 5.32 Å². The minimum absolute atomic E-state index is 0.182. The van der Waals surface area contributed by atoms with E-state index in [-0.39, 0.29) is 17.4 Å². The minimum atomic E-state index is -4.44. The van der Waals surface area contributed by atoms with Crippen LogP contribution in [0.2, 0.25) is 5.02 Å². The third-order valence-electron chi connectivity index (χ3n) is 3.62. The summed E-state index contributed by atoms with van der Waals surface area (Å²) in [7, 11) is 0. The fourth-order valence-corrected chi connectivity index (χ4v) is 3.32. The summed E-state index contributed by atoms with van der Waals surface area (Å²) in [6, 6.07) is 4.74. The van der Waals surface area contributed by atoms with Crippen LogP contribution < -0.4 is 5.32 Å². The van der Waals surface area contributed by atoms with Crippen molar-refractivity contribution in [3.05, 3.63) is 69.1 Å². The van der Waals surface area contributed by atoms with E-state index in [0.29, 0.717) is 26.9 Å². The molecular weight excluding hydrogens is 389 g/mol. The lowest BCUT2D eigenvalue weighted by molar-refractivity contribution is -0.137. The van der Waals surface area contributed by atoms with Crippen LogP contribution in [0.1, 0.15) is 32.1 Å². The van der Waals surface area contributed by atoms with E-state index in [1.165, 1.54) is 29.9 Å². The molecule has 0 saturated carbocycles.